The Balaban J connectivity index is 2.16. The predicted molar refractivity (Wildman–Crippen MR) is 84.0 cm³/mol. The highest BCUT2D eigenvalue weighted by molar-refractivity contribution is 5.35. The van der Waals surface area contributed by atoms with Crippen LogP contribution >= 0.6 is 0 Å². The van der Waals surface area contributed by atoms with Crippen LogP contribution in [0.2, 0.25) is 0 Å². The lowest BCUT2D eigenvalue weighted by molar-refractivity contribution is 0.392. The normalized spacial score (nSPS) is 13.7. The number of nitrogens with one attached hydrogen (secondary N) is 1. The van der Waals surface area contributed by atoms with Crippen LogP contribution in [0.5, 0.6) is 5.75 Å². The standard InChI is InChI=1S/C18H22FNO/c1-4-17(14-9-11-15(19)12-10-14)20-13(2)16-7-5-6-8-18(16)21-3/h5-13,17,20H,4H2,1-3H3/t13-,17?/m0/s1. The summed E-state index contributed by atoms with van der Waals surface area (Å²) in [4.78, 5) is 0. The van der Waals surface area contributed by atoms with Crippen molar-refractivity contribution in [3.8, 4) is 5.75 Å². The van der Waals surface area contributed by atoms with Gasteiger partial charge in [-0.05, 0) is 37.1 Å². The van der Waals surface area contributed by atoms with E-state index in [0.29, 0.717) is 0 Å². The van der Waals surface area contributed by atoms with Crippen LogP contribution in [0.4, 0.5) is 4.39 Å². The molecular weight excluding hydrogens is 265 g/mol. The lowest BCUT2D eigenvalue weighted by atomic mass is 10.0. The van der Waals surface area contributed by atoms with Gasteiger partial charge in [0.25, 0.3) is 0 Å². The minimum Gasteiger partial charge on any atom is -0.496 e. The Morgan fingerprint density at radius 2 is 1.76 bits per heavy atom. The fourth-order valence-electron chi connectivity index (χ4n) is 2.56. The zero-order valence-corrected chi connectivity index (χ0v) is 12.8. The van der Waals surface area contributed by atoms with E-state index in [0.717, 1.165) is 23.3 Å². The first kappa shape index (κ1) is 15.5. The third-order valence-corrected chi connectivity index (χ3v) is 3.74. The quantitative estimate of drug-likeness (QED) is 0.836. The van der Waals surface area contributed by atoms with Crippen molar-refractivity contribution in [2.45, 2.75) is 32.4 Å². The van der Waals surface area contributed by atoms with Crippen molar-refractivity contribution in [2.24, 2.45) is 0 Å². The molecule has 112 valence electrons. The summed E-state index contributed by atoms with van der Waals surface area (Å²) < 4.78 is 18.5. The lowest BCUT2D eigenvalue weighted by Crippen LogP contribution is -2.24. The monoisotopic (exact) mass is 287 g/mol. The third-order valence-electron chi connectivity index (χ3n) is 3.74. The molecule has 21 heavy (non-hydrogen) atoms. The number of methoxy groups -OCH3 is 1. The van der Waals surface area contributed by atoms with E-state index in [1.807, 2.05) is 30.3 Å². The van der Waals surface area contributed by atoms with Crippen molar-refractivity contribution >= 4 is 0 Å². The average Bonchev–Trinajstić information content (AvgIpc) is 2.53. The van der Waals surface area contributed by atoms with Crippen LogP contribution in [0.25, 0.3) is 0 Å². The molecule has 2 aromatic carbocycles. The van der Waals surface area contributed by atoms with Gasteiger partial charge in [0.15, 0.2) is 0 Å². The zero-order chi connectivity index (χ0) is 15.2. The molecule has 0 aliphatic rings. The van der Waals surface area contributed by atoms with E-state index in [1.54, 1.807) is 7.11 Å². The Morgan fingerprint density at radius 1 is 1.10 bits per heavy atom. The largest absolute Gasteiger partial charge is 0.496 e. The highest BCUT2D eigenvalue weighted by atomic mass is 19.1. The van der Waals surface area contributed by atoms with Crippen LogP contribution in [0.15, 0.2) is 48.5 Å². The summed E-state index contributed by atoms with van der Waals surface area (Å²) in [7, 11) is 1.68. The van der Waals surface area contributed by atoms with Crippen LogP contribution in [-0.2, 0) is 0 Å². The van der Waals surface area contributed by atoms with E-state index in [-0.39, 0.29) is 17.9 Å². The Bertz CT molecular complexity index is 568. The van der Waals surface area contributed by atoms with E-state index in [4.69, 9.17) is 4.74 Å². The molecule has 0 spiro atoms. The van der Waals surface area contributed by atoms with Crippen molar-refractivity contribution < 1.29 is 9.13 Å². The second-order valence-corrected chi connectivity index (χ2v) is 5.14. The summed E-state index contributed by atoms with van der Waals surface area (Å²) in [5.41, 5.74) is 2.22. The van der Waals surface area contributed by atoms with Crippen molar-refractivity contribution in [1.29, 1.82) is 0 Å². The lowest BCUT2D eigenvalue weighted by Gasteiger charge is -2.24. The Hall–Kier alpha value is -1.87. The van der Waals surface area contributed by atoms with Crippen molar-refractivity contribution in [1.82, 2.24) is 5.32 Å². The molecule has 2 aromatic rings. The van der Waals surface area contributed by atoms with Crippen molar-refractivity contribution in [3.05, 3.63) is 65.5 Å². The van der Waals surface area contributed by atoms with E-state index in [9.17, 15) is 4.39 Å². The zero-order valence-electron chi connectivity index (χ0n) is 12.8. The second-order valence-electron chi connectivity index (χ2n) is 5.14. The topological polar surface area (TPSA) is 21.3 Å². The molecule has 1 N–H and O–H groups in total. The highest BCUT2D eigenvalue weighted by Gasteiger charge is 2.16. The molecule has 0 aromatic heterocycles. The van der Waals surface area contributed by atoms with Crippen LogP contribution in [0.3, 0.4) is 0 Å². The van der Waals surface area contributed by atoms with Gasteiger partial charge >= 0.3 is 0 Å². The Morgan fingerprint density at radius 3 is 2.38 bits per heavy atom. The van der Waals surface area contributed by atoms with E-state index >= 15 is 0 Å². The summed E-state index contributed by atoms with van der Waals surface area (Å²) in [6, 6.07) is 15.0. The molecule has 0 bridgehead atoms. The molecular formula is C18H22FNO. The van der Waals surface area contributed by atoms with Gasteiger partial charge in [-0.2, -0.15) is 0 Å². The van der Waals surface area contributed by atoms with Gasteiger partial charge in [0.05, 0.1) is 7.11 Å². The van der Waals surface area contributed by atoms with Crippen LogP contribution in [0.1, 0.15) is 43.5 Å². The first-order valence-corrected chi connectivity index (χ1v) is 7.30. The fraction of sp³-hybridized carbons (Fsp3) is 0.333. The summed E-state index contributed by atoms with van der Waals surface area (Å²) in [5, 5.41) is 3.59. The highest BCUT2D eigenvalue weighted by Crippen LogP contribution is 2.28. The van der Waals surface area contributed by atoms with Crippen molar-refractivity contribution in [2.75, 3.05) is 7.11 Å². The number of para-hydroxylation sites is 1. The van der Waals surface area contributed by atoms with Gasteiger partial charge in [0, 0.05) is 17.6 Å². The maximum absolute atomic E-state index is 13.0. The van der Waals surface area contributed by atoms with Gasteiger partial charge < -0.3 is 10.1 Å². The predicted octanol–water partition coefficient (Wildman–Crippen LogP) is 4.64. The first-order valence-electron chi connectivity index (χ1n) is 7.30. The van der Waals surface area contributed by atoms with E-state index < -0.39 is 0 Å². The summed E-state index contributed by atoms with van der Waals surface area (Å²) in [5.74, 6) is 0.679. The number of hydrogen-bond donors (Lipinski definition) is 1. The summed E-state index contributed by atoms with van der Waals surface area (Å²) in [6.07, 6.45) is 0.936. The molecule has 2 nitrogen and oxygen atoms in total. The molecule has 0 fully saturated rings. The molecule has 0 saturated carbocycles. The van der Waals surface area contributed by atoms with Crippen LogP contribution < -0.4 is 10.1 Å². The Labute approximate surface area is 126 Å². The average molecular weight is 287 g/mol. The maximum atomic E-state index is 13.0. The maximum Gasteiger partial charge on any atom is 0.123 e. The molecule has 0 radical (unpaired) electrons. The molecule has 0 heterocycles. The molecule has 1 unspecified atom stereocenters. The van der Waals surface area contributed by atoms with Gasteiger partial charge in [-0.25, -0.2) is 4.39 Å². The molecule has 2 atom stereocenters. The number of benzene rings is 2. The molecule has 2 rings (SSSR count). The Kier molecular flexibility index (Phi) is 5.34. The number of ether oxygens (including phenoxy) is 1. The van der Waals surface area contributed by atoms with Gasteiger partial charge in [-0.3, -0.25) is 0 Å². The number of hydrogen-bond acceptors (Lipinski definition) is 2. The second kappa shape index (κ2) is 7.23. The molecule has 0 saturated heterocycles. The van der Waals surface area contributed by atoms with Gasteiger partial charge in [0.1, 0.15) is 11.6 Å². The van der Waals surface area contributed by atoms with E-state index in [1.165, 1.54) is 12.1 Å². The molecule has 0 aliphatic carbocycles. The van der Waals surface area contributed by atoms with E-state index in [2.05, 4.69) is 25.2 Å². The van der Waals surface area contributed by atoms with Gasteiger partial charge in [-0.1, -0.05) is 37.3 Å². The fourth-order valence-corrected chi connectivity index (χ4v) is 2.56. The van der Waals surface area contributed by atoms with Crippen molar-refractivity contribution in [3.63, 3.8) is 0 Å². The molecule has 0 aliphatic heterocycles. The summed E-state index contributed by atoms with van der Waals surface area (Å²) >= 11 is 0. The molecule has 0 amide bonds. The van der Waals surface area contributed by atoms with Gasteiger partial charge in [0.2, 0.25) is 0 Å². The number of rotatable bonds is 6. The first-order chi connectivity index (χ1) is 10.2. The smallest absolute Gasteiger partial charge is 0.123 e. The molecule has 3 heteroatoms. The SMILES string of the molecule is CCC(N[C@@H](C)c1ccccc1OC)c1ccc(F)cc1. The van der Waals surface area contributed by atoms with Crippen LogP contribution in [0, 0.1) is 5.82 Å². The third kappa shape index (κ3) is 3.82. The van der Waals surface area contributed by atoms with Gasteiger partial charge in [-0.15, -0.1) is 0 Å². The summed E-state index contributed by atoms with van der Waals surface area (Å²) in [6.45, 7) is 4.24. The number of halogens is 1. The van der Waals surface area contributed by atoms with Crippen LogP contribution in [-0.4, -0.2) is 7.11 Å². The minimum atomic E-state index is -0.202. The minimum absolute atomic E-state index is 0.149.